The lowest BCUT2D eigenvalue weighted by molar-refractivity contribution is -0.154. The highest BCUT2D eigenvalue weighted by molar-refractivity contribution is 5.66. The van der Waals surface area contributed by atoms with Crippen molar-refractivity contribution in [3.63, 3.8) is 0 Å². The van der Waals surface area contributed by atoms with Gasteiger partial charge in [0.1, 0.15) is 11.9 Å². The lowest BCUT2D eigenvalue weighted by Crippen LogP contribution is -2.45. The van der Waals surface area contributed by atoms with Crippen LogP contribution < -0.4 is 4.74 Å². The average molecular weight is 357 g/mol. The first kappa shape index (κ1) is 17.9. The maximum absolute atomic E-state index is 11.5. The molecule has 3 nitrogen and oxygen atoms in total. The predicted molar refractivity (Wildman–Crippen MR) is 102 cm³/mol. The van der Waals surface area contributed by atoms with Gasteiger partial charge in [0.2, 0.25) is 0 Å². The Kier molecular flexibility index (Phi) is 4.75. The molecule has 1 aromatic rings. The number of carbonyl (C=O) groups excluding carboxylic acids is 1. The number of hydrogen-bond donors (Lipinski definition) is 0. The van der Waals surface area contributed by atoms with Crippen LogP contribution in [0.5, 0.6) is 5.75 Å². The highest BCUT2D eigenvalue weighted by Gasteiger charge is 2.56. The summed E-state index contributed by atoms with van der Waals surface area (Å²) in [5.41, 5.74) is 3.23. The molecule has 142 valence electrons. The van der Waals surface area contributed by atoms with Crippen LogP contribution in [0.1, 0.15) is 76.3 Å². The third-order valence-corrected chi connectivity index (χ3v) is 7.39. The zero-order valence-electron chi connectivity index (χ0n) is 16.4. The highest BCUT2D eigenvalue weighted by atomic mass is 16.5. The van der Waals surface area contributed by atoms with E-state index in [1.807, 2.05) is 0 Å². The second-order valence-electron chi connectivity index (χ2n) is 8.84. The normalized spacial score (nSPS) is 35.2. The SMILES string of the molecule is CCCOc1ccc2c(c1)CC[C@@H]1[C@@H]2CC[C@]2(C)[C@@H](OC(C)=O)CC[C@@H]12. The van der Waals surface area contributed by atoms with Gasteiger partial charge in [-0.15, -0.1) is 0 Å². The van der Waals surface area contributed by atoms with Gasteiger partial charge in [-0.3, -0.25) is 4.79 Å². The molecule has 0 N–H and O–H groups in total. The Morgan fingerprint density at radius 3 is 2.85 bits per heavy atom. The number of aryl methyl sites for hydroxylation is 1. The first-order valence-electron chi connectivity index (χ1n) is 10.5. The third-order valence-electron chi connectivity index (χ3n) is 7.39. The van der Waals surface area contributed by atoms with E-state index < -0.39 is 0 Å². The minimum absolute atomic E-state index is 0.118. The molecule has 0 spiro atoms. The van der Waals surface area contributed by atoms with E-state index in [4.69, 9.17) is 9.47 Å². The van der Waals surface area contributed by atoms with Crippen molar-refractivity contribution in [1.82, 2.24) is 0 Å². The molecule has 3 aliphatic rings. The average Bonchev–Trinajstić information content (AvgIpc) is 2.95. The van der Waals surface area contributed by atoms with Crippen molar-refractivity contribution in [3.05, 3.63) is 29.3 Å². The molecule has 0 aromatic heterocycles. The fraction of sp³-hybridized carbons (Fsp3) is 0.696. The van der Waals surface area contributed by atoms with Crippen molar-refractivity contribution in [2.45, 2.75) is 77.7 Å². The van der Waals surface area contributed by atoms with E-state index in [-0.39, 0.29) is 17.5 Å². The molecule has 0 amide bonds. The molecule has 5 atom stereocenters. The third kappa shape index (κ3) is 2.93. The van der Waals surface area contributed by atoms with Crippen LogP contribution in [0.4, 0.5) is 0 Å². The van der Waals surface area contributed by atoms with E-state index in [0.717, 1.165) is 37.5 Å². The Morgan fingerprint density at radius 2 is 2.08 bits per heavy atom. The largest absolute Gasteiger partial charge is 0.494 e. The van der Waals surface area contributed by atoms with Gasteiger partial charge in [-0.25, -0.2) is 0 Å². The van der Waals surface area contributed by atoms with Gasteiger partial charge in [-0.05, 0) is 86.0 Å². The lowest BCUT2D eigenvalue weighted by atomic mass is 9.55. The monoisotopic (exact) mass is 356 g/mol. The van der Waals surface area contributed by atoms with Crippen LogP contribution in [0.3, 0.4) is 0 Å². The van der Waals surface area contributed by atoms with Crippen LogP contribution in [0.15, 0.2) is 18.2 Å². The molecule has 0 aliphatic heterocycles. The van der Waals surface area contributed by atoms with Crippen LogP contribution in [-0.4, -0.2) is 18.7 Å². The summed E-state index contributed by atoms with van der Waals surface area (Å²) >= 11 is 0. The van der Waals surface area contributed by atoms with Crippen molar-refractivity contribution < 1.29 is 14.3 Å². The molecule has 0 bridgehead atoms. The Hall–Kier alpha value is -1.51. The Labute approximate surface area is 157 Å². The summed E-state index contributed by atoms with van der Waals surface area (Å²) in [5.74, 6) is 3.01. The first-order valence-corrected chi connectivity index (χ1v) is 10.5. The second kappa shape index (κ2) is 6.90. The van der Waals surface area contributed by atoms with Crippen LogP contribution in [0.25, 0.3) is 0 Å². The van der Waals surface area contributed by atoms with Gasteiger partial charge < -0.3 is 9.47 Å². The highest BCUT2D eigenvalue weighted by Crippen LogP contribution is 2.61. The van der Waals surface area contributed by atoms with Crippen molar-refractivity contribution in [3.8, 4) is 5.75 Å². The van der Waals surface area contributed by atoms with E-state index in [9.17, 15) is 4.79 Å². The van der Waals surface area contributed by atoms with E-state index in [0.29, 0.717) is 11.8 Å². The summed E-state index contributed by atoms with van der Waals surface area (Å²) < 4.78 is 11.6. The van der Waals surface area contributed by atoms with Crippen molar-refractivity contribution in [2.75, 3.05) is 6.61 Å². The van der Waals surface area contributed by atoms with Crippen molar-refractivity contribution in [2.24, 2.45) is 17.3 Å². The van der Waals surface area contributed by atoms with E-state index in [1.54, 1.807) is 12.5 Å². The molecule has 1 aromatic carbocycles. The van der Waals surface area contributed by atoms with E-state index in [1.165, 1.54) is 31.2 Å². The number of esters is 1. The molecule has 26 heavy (non-hydrogen) atoms. The van der Waals surface area contributed by atoms with Gasteiger partial charge in [0.05, 0.1) is 6.61 Å². The zero-order valence-corrected chi connectivity index (χ0v) is 16.4. The maximum Gasteiger partial charge on any atom is 0.302 e. The molecular weight excluding hydrogens is 324 g/mol. The Bertz CT molecular complexity index is 682. The van der Waals surface area contributed by atoms with Crippen molar-refractivity contribution >= 4 is 5.97 Å². The van der Waals surface area contributed by atoms with Crippen LogP contribution in [0, 0.1) is 17.3 Å². The summed E-state index contributed by atoms with van der Waals surface area (Å²) in [6.45, 7) is 6.87. The zero-order chi connectivity index (χ0) is 18.3. The van der Waals surface area contributed by atoms with Crippen LogP contribution in [0.2, 0.25) is 0 Å². The molecular formula is C23H32O3. The Morgan fingerprint density at radius 1 is 1.23 bits per heavy atom. The maximum atomic E-state index is 11.5. The summed E-state index contributed by atoms with van der Waals surface area (Å²) in [4.78, 5) is 11.5. The smallest absolute Gasteiger partial charge is 0.302 e. The second-order valence-corrected chi connectivity index (χ2v) is 8.84. The lowest BCUT2D eigenvalue weighted by Gasteiger charge is -2.50. The first-order chi connectivity index (χ1) is 12.5. The van der Waals surface area contributed by atoms with Gasteiger partial charge >= 0.3 is 5.97 Å². The molecule has 3 heteroatoms. The van der Waals surface area contributed by atoms with Gasteiger partial charge in [-0.1, -0.05) is 19.9 Å². The van der Waals surface area contributed by atoms with Crippen LogP contribution >= 0.6 is 0 Å². The van der Waals surface area contributed by atoms with Gasteiger partial charge in [0.25, 0.3) is 0 Å². The fourth-order valence-corrected chi connectivity index (χ4v) is 6.21. The summed E-state index contributed by atoms with van der Waals surface area (Å²) in [6.07, 6.45) is 8.24. The van der Waals surface area contributed by atoms with Crippen LogP contribution in [-0.2, 0) is 16.0 Å². The number of rotatable bonds is 4. The van der Waals surface area contributed by atoms with Crippen molar-refractivity contribution in [1.29, 1.82) is 0 Å². The molecule has 4 rings (SSSR count). The molecule has 0 saturated heterocycles. The fourth-order valence-electron chi connectivity index (χ4n) is 6.21. The number of carbonyl (C=O) groups is 1. The standard InChI is InChI=1S/C23H32O3/c1-4-13-25-17-6-8-18-16(14-17)5-7-20-19(18)11-12-23(3)21(20)9-10-22(23)26-15(2)24/h6,8,14,19-22H,4-5,7,9-13H2,1-3H3/t19-,20-,21+,22+,23+/m1/s1. The molecule has 3 aliphatic carbocycles. The number of benzene rings is 1. The minimum atomic E-state index is -0.118. The quantitative estimate of drug-likeness (QED) is 0.690. The number of ether oxygens (including phenoxy) is 2. The minimum Gasteiger partial charge on any atom is -0.494 e. The Balaban J connectivity index is 1.55. The van der Waals surface area contributed by atoms with Gasteiger partial charge in [0, 0.05) is 12.3 Å². The summed E-state index contributed by atoms with van der Waals surface area (Å²) in [6, 6.07) is 6.78. The molecule has 2 saturated carbocycles. The van der Waals surface area contributed by atoms with Gasteiger partial charge in [0.15, 0.2) is 0 Å². The summed E-state index contributed by atoms with van der Waals surface area (Å²) in [7, 11) is 0. The topological polar surface area (TPSA) is 35.5 Å². The molecule has 2 fully saturated rings. The molecule has 0 unspecified atom stereocenters. The molecule has 0 heterocycles. The van der Waals surface area contributed by atoms with Gasteiger partial charge in [-0.2, -0.15) is 0 Å². The predicted octanol–water partition coefficient (Wildman–Crippen LogP) is 5.26. The number of hydrogen-bond acceptors (Lipinski definition) is 3. The van der Waals surface area contributed by atoms with E-state index >= 15 is 0 Å². The van der Waals surface area contributed by atoms with E-state index in [2.05, 4.69) is 32.0 Å². The summed E-state index contributed by atoms with van der Waals surface area (Å²) in [5, 5.41) is 0. The number of fused-ring (bicyclic) bond motifs is 5. The molecule has 0 radical (unpaired) electrons.